The fourth-order valence-corrected chi connectivity index (χ4v) is 4.61. The Bertz CT molecular complexity index is 415. The average molecular weight is 304 g/mol. The monoisotopic (exact) mass is 304 g/mol. The summed E-state index contributed by atoms with van der Waals surface area (Å²) in [5, 5.41) is 3.40. The topological polar surface area (TPSA) is 58.6 Å². The molecular weight excluding hydrogens is 276 g/mol. The van der Waals surface area contributed by atoms with E-state index in [2.05, 4.69) is 5.32 Å². The van der Waals surface area contributed by atoms with Crippen LogP contribution in [-0.2, 0) is 14.8 Å². The van der Waals surface area contributed by atoms with Crippen LogP contribution in [0.25, 0.3) is 0 Å². The lowest BCUT2D eigenvalue weighted by atomic mass is 9.71. The standard InChI is InChI=1S/C14H28N2O3S/c1-15-13(14(19-2)7-5-8-14)10-12-6-4-9-16(11-12)20(3,17)18/h12-13,15H,4-11H2,1-3H3. The van der Waals surface area contributed by atoms with Crippen molar-refractivity contribution in [2.24, 2.45) is 5.92 Å². The van der Waals surface area contributed by atoms with Crippen molar-refractivity contribution in [2.45, 2.75) is 50.2 Å². The van der Waals surface area contributed by atoms with E-state index in [-0.39, 0.29) is 5.60 Å². The van der Waals surface area contributed by atoms with Gasteiger partial charge in [0.1, 0.15) is 0 Å². The predicted molar refractivity (Wildman–Crippen MR) is 80.2 cm³/mol. The van der Waals surface area contributed by atoms with Gasteiger partial charge in [-0.15, -0.1) is 0 Å². The van der Waals surface area contributed by atoms with Gasteiger partial charge >= 0.3 is 0 Å². The SMILES string of the molecule is CNC(CC1CCCN(S(C)(=O)=O)C1)C1(OC)CCC1. The van der Waals surface area contributed by atoms with E-state index < -0.39 is 10.0 Å². The van der Waals surface area contributed by atoms with Gasteiger partial charge in [-0.2, -0.15) is 0 Å². The van der Waals surface area contributed by atoms with Gasteiger partial charge in [-0.25, -0.2) is 12.7 Å². The van der Waals surface area contributed by atoms with Crippen molar-refractivity contribution in [3.05, 3.63) is 0 Å². The van der Waals surface area contributed by atoms with Crippen LogP contribution in [0.5, 0.6) is 0 Å². The molecule has 1 heterocycles. The fraction of sp³-hybridized carbons (Fsp3) is 1.00. The Morgan fingerprint density at radius 2 is 2.10 bits per heavy atom. The lowest BCUT2D eigenvalue weighted by Crippen LogP contribution is -2.56. The minimum atomic E-state index is -3.05. The molecule has 2 fully saturated rings. The molecule has 118 valence electrons. The Morgan fingerprint density at radius 1 is 1.40 bits per heavy atom. The molecule has 0 spiro atoms. The third-order valence-electron chi connectivity index (χ3n) is 5.11. The van der Waals surface area contributed by atoms with Gasteiger partial charge < -0.3 is 10.1 Å². The first-order valence-corrected chi connectivity index (χ1v) is 9.43. The molecule has 0 aromatic rings. The smallest absolute Gasteiger partial charge is 0.211 e. The molecule has 2 aliphatic rings. The van der Waals surface area contributed by atoms with E-state index in [0.717, 1.165) is 32.1 Å². The molecule has 1 saturated heterocycles. The summed E-state index contributed by atoms with van der Waals surface area (Å²) < 4.78 is 30.8. The maximum absolute atomic E-state index is 11.7. The highest BCUT2D eigenvalue weighted by atomic mass is 32.2. The van der Waals surface area contributed by atoms with Gasteiger partial charge in [-0.3, -0.25) is 0 Å². The van der Waals surface area contributed by atoms with Crippen molar-refractivity contribution < 1.29 is 13.2 Å². The molecule has 1 N–H and O–H groups in total. The molecule has 2 unspecified atom stereocenters. The summed E-state index contributed by atoms with van der Waals surface area (Å²) in [7, 11) is 0.734. The Hall–Kier alpha value is -0.170. The van der Waals surface area contributed by atoms with E-state index in [1.807, 2.05) is 7.05 Å². The summed E-state index contributed by atoms with van der Waals surface area (Å²) in [5.74, 6) is 0.434. The van der Waals surface area contributed by atoms with Gasteiger partial charge in [0.15, 0.2) is 0 Å². The lowest BCUT2D eigenvalue weighted by Gasteiger charge is -2.48. The van der Waals surface area contributed by atoms with E-state index in [1.54, 1.807) is 11.4 Å². The normalized spacial score (nSPS) is 28.9. The van der Waals surface area contributed by atoms with Gasteiger partial charge in [0.2, 0.25) is 10.0 Å². The number of nitrogens with zero attached hydrogens (tertiary/aromatic N) is 1. The molecule has 20 heavy (non-hydrogen) atoms. The largest absolute Gasteiger partial charge is 0.377 e. The van der Waals surface area contributed by atoms with Crippen molar-refractivity contribution in [1.82, 2.24) is 9.62 Å². The molecule has 5 nitrogen and oxygen atoms in total. The molecule has 0 amide bonds. The van der Waals surface area contributed by atoms with Crippen LogP contribution in [-0.4, -0.2) is 57.9 Å². The van der Waals surface area contributed by atoms with E-state index in [0.29, 0.717) is 25.0 Å². The summed E-state index contributed by atoms with van der Waals surface area (Å²) in [5.41, 5.74) is -0.0257. The van der Waals surface area contributed by atoms with E-state index in [9.17, 15) is 8.42 Å². The molecule has 1 aliphatic carbocycles. The van der Waals surface area contributed by atoms with Gasteiger partial charge in [0, 0.05) is 26.2 Å². The zero-order valence-electron chi connectivity index (χ0n) is 12.9. The fourth-order valence-electron chi connectivity index (χ4n) is 3.67. The number of hydrogen-bond donors (Lipinski definition) is 1. The molecule has 2 rings (SSSR count). The second-order valence-electron chi connectivity index (χ2n) is 6.33. The Labute approximate surface area is 123 Å². The van der Waals surface area contributed by atoms with Crippen LogP contribution in [0.1, 0.15) is 38.5 Å². The third kappa shape index (κ3) is 3.35. The lowest BCUT2D eigenvalue weighted by molar-refractivity contribution is -0.102. The minimum absolute atomic E-state index is 0.0257. The molecule has 0 aromatic heterocycles. The predicted octanol–water partition coefficient (Wildman–Crippen LogP) is 1.21. The first-order chi connectivity index (χ1) is 9.41. The van der Waals surface area contributed by atoms with E-state index in [4.69, 9.17) is 4.74 Å². The molecule has 1 saturated carbocycles. The first kappa shape index (κ1) is 16.2. The molecule has 2 atom stereocenters. The van der Waals surface area contributed by atoms with Crippen LogP contribution in [0.2, 0.25) is 0 Å². The number of piperidine rings is 1. The zero-order valence-corrected chi connectivity index (χ0v) is 13.7. The zero-order chi connectivity index (χ0) is 14.8. The Balaban J connectivity index is 1.97. The summed E-state index contributed by atoms with van der Waals surface area (Å²) in [6.45, 7) is 1.34. The maximum atomic E-state index is 11.7. The second kappa shape index (κ2) is 6.30. The van der Waals surface area contributed by atoms with Gasteiger partial charge in [0.05, 0.1) is 11.9 Å². The molecule has 1 aliphatic heterocycles. The number of likely N-dealkylation sites (N-methyl/N-ethyl adjacent to an activating group) is 1. The number of ether oxygens (including phenoxy) is 1. The maximum Gasteiger partial charge on any atom is 0.211 e. The van der Waals surface area contributed by atoms with Gasteiger partial charge in [-0.1, -0.05) is 0 Å². The number of methoxy groups -OCH3 is 1. The van der Waals surface area contributed by atoms with Gasteiger partial charge in [-0.05, 0) is 51.5 Å². The summed E-state index contributed by atoms with van der Waals surface area (Å²) in [6, 6.07) is 0.325. The van der Waals surface area contributed by atoms with Crippen LogP contribution in [0.15, 0.2) is 0 Å². The number of nitrogens with one attached hydrogen (secondary N) is 1. The highest BCUT2D eigenvalue weighted by Gasteiger charge is 2.44. The minimum Gasteiger partial charge on any atom is -0.377 e. The second-order valence-corrected chi connectivity index (χ2v) is 8.31. The van der Waals surface area contributed by atoms with Crippen molar-refractivity contribution in [3.8, 4) is 0 Å². The molecule has 0 bridgehead atoms. The van der Waals surface area contributed by atoms with Crippen molar-refractivity contribution in [2.75, 3.05) is 33.5 Å². The molecular formula is C14H28N2O3S. The van der Waals surface area contributed by atoms with E-state index >= 15 is 0 Å². The highest BCUT2D eigenvalue weighted by Crippen LogP contribution is 2.40. The van der Waals surface area contributed by atoms with Crippen LogP contribution in [0, 0.1) is 5.92 Å². The average Bonchev–Trinajstić information content (AvgIpc) is 2.36. The van der Waals surface area contributed by atoms with Crippen molar-refractivity contribution >= 4 is 10.0 Å². The van der Waals surface area contributed by atoms with E-state index in [1.165, 1.54) is 12.7 Å². The number of hydrogen-bond acceptors (Lipinski definition) is 4. The Kier molecular flexibility index (Phi) is 5.10. The molecule has 6 heteroatoms. The van der Waals surface area contributed by atoms with Crippen molar-refractivity contribution in [3.63, 3.8) is 0 Å². The van der Waals surface area contributed by atoms with Crippen molar-refractivity contribution in [1.29, 1.82) is 0 Å². The summed E-state index contributed by atoms with van der Waals surface area (Å²) >= 11 is 0. The third-order valence-corrected chi connectivity index (χ3v) is 6.38. The first-order valence-electron chi connectivity index (χ1n) is 7.59. The van der Waals surface area contributed by atoms with Crippen LogP contribution >= 0.6 is 0 Å². The van der Waals surface area contributed by atoms with Gasteiger partial charge in [0.25, 0.3) is 0 Å². The summed E-state index contributed by atoms with van der Waals surface area (Å²) in [4.78, 5) is 0. The van der Waals surface area contributed by atoms with Crippen LogP contribution < -0.4 is 5.32 Å². The number of rotatable bonds is 6. The quantitative estimate of drug-likeness (QED) is 0.801. The Morgan fingerprint density at radius 3 is 2.55 bits per heavy atom. The molecule has 0 radical (unpaired) electrons. The van der Waals surface area contributed by atoms with Crippen LogP contribution in [0.4, 0.5) is 0 Å². The summed E-state index contributed by atoms with van der Waals surface area (Å²) in [6.07, 6.45) is 7.84. The molecule has 0 aromatic carbocycles. The highest BCUT2D eigenvalue weighted by molar-refractivity contribution is 7.88. The van der Waals surface area contributed by atoms with Crippen LogP contribution in [0.3, 0.4) is 0 Å². The number of sulfonamides is 1.